The quantitative estimate of drug-likeness (QED) is 0.480. The fourth-order valence-corrected chi connectivity index (χ4v) is 3.20. The van der Waals surface area contributed by atoms with Crippen LogP contribution in [0.3, 0.4) is 0 Å². The molecule has 4 rings (SSSR count). The van der Waals surface area contributed by atoms with Gasteiger partial charge in [-0.25, -0.2) is 4.98 Å². The van der Waals surface area contributed by atoms with Crippen molar-refractivity contribution >= 4 is 16.7 Å². The largest absolute Gasteiger partial charge is 0.438 e. The maximum Gasteiger partial charge on any atom is 0.259 e. The fraction of sp³-hybridized carbons (Fsp3) is 0.0833. The zero-order valence-corrected chi connectivity index (χ0v) is 15.6. The van der Waals surface area contributed by atoms with Gasteiger partial charge in [-0.15, -0.1) is 0 Å². The van der Waals surface area contributed by atoms with E-state index >= 15 is 0 Å². The van der Waals surface area contributed by atoms with Gasteiger partial charge in [-0.3, -0.25) is 4.79 Å². The summed E-state index contributed by atoms with van der Waals surface area (Å²) in [6.07, 6.45) is 1.62. The molecule has 1 aromatic heterocycles. The van der Waals surface area contributed by atoms with E-state index in [0.29, 0.717) is 23.7 Å². The number of amides is 1. The van der Waals surface area contributed by atoms with Gasteiger partial charge in [-0.2, -0.15) is 0 Å². The van der Waals surface area contributed by atoms with Crippen molar-refractivity contribution in [1.29, 1.82) is 0 Å². The number of para-hydroxylation sites is 1. The van der Waals surface area contributed by atoms with Gasteiger partial charge in [0.05, 0.1) is 0 Å². The molecule has 1 amide bonds. The molecule has 0 aliphatic carbocycles. The number of hydrogen-bond acceptors (Lipinski definition) is 3. The lowest BCUT2D eigenvalue weighted by atomic mass is 10.0. The second-order valence-corrected chi connectivity index (χ2v) is 6.57. The van der Waals surface area contributed by atoms with Gasteiger partial charge in [-0.05, 0) is 40.6 Å². The zero-order valence-electron chi connectivity index (χ0n) is 15.6. The number of hydrogen-bond donors (Lipinski definition) is 0. The summed E-state index contributed by atoms with van der Waals surface area (Å²) in [4.78, 5) is 19.1. The lowest BCUT2D eigenvalue weighted by molar-refractivity contribution is 0.0782. The molecule has 0 saturated carbocycles. The summed E-state index contributed by atoms with van der Waals surface area (Å²) in [5.41, 5.74) is 1.54. The van der Waals surface area contributed by atoms with Crippen molar-refractivity contribution in [3.8, 4) is 11.6 Å². The number of fused-ring (bicyclic) bond motifs is 1. The molecule has 4 heteroatoms. The van der Waals surface area contributed by atoms with Gasteiger partial charge in [0.1, 0.15) is 11.3 Å². The molecule has 4 nitrogen and oxygen atoms in total. The van der Waals surface area contributed by atoms with Crippen molar-refractivity contribution in [2.45, 2.75) is 6.54 Å². The number of ether oxygens (including phenoxy) is 1. The van der Waals surface area contributed by atoms with Gasteiger partial charge in [0.2, 0.25) is 5.88 Å². The number of benzene rings is 3. The summed E-state index contributed by atoms with van der Waals surface area (Å²) in [5.74, 6) is 0.822. The fourth-order valence-electron chi connectivity index (χ4n) is 3.20. The van der Waals surface area contributed by atoms with E-state index in [-0.39, 0.29) is 5.91 Å². The Hall–Kier alpha value is -3.66. The van der Waals surface area contributed by atoms with Crippen molar-refractivity contribution in [2.24, 2.45) is 0 Å². The monoisotopic (exact) mass is 368 g/mol. The average Bonchev–Trinajstić information content (AvgIpc) is 2.74. The van der Waals surface area contributed by atoms with Crippen LogP contribution in [0.1, 0.15) is 15.9 Å². The minimum Gasteiger partial charge on any atom is -0.438 e. The summed E-state index contributed by atoms with van der Waals surface area (Å²) in [5, 5.41) is 2.31. The van der Waals surface area contributed by atoms with Gasteiger partial charge < -0.3 is 9.64 Å². The highest BCUT2D eigenvalue weighted by atomic mass is 16.5. The molecule has 0 bridgehead atoms. The van der Waals surface area contributed by atoms with E-state index in [1.165, 1.54) is 0 Å². The zero-order chi connectivity index (χ0) is 19.3. The van der Waals surface area contributed by atoms with Crippen LogP contribution in [0, 0.1) is 0 Å². The number of carbonyl (C=O) groups is 1. The Labute approximate surface area is 164 Å². The Bertz CT molecular complexity index is 1100. The Kier molecular flexibility index (Phi) is 5.02. The summed E-state index contributed by atoms with van der Waals surface area (Å²) in [6, 6.07) is 27.2. The topological polar surface area (TPSA) is 42.4 Å². The molecule has 0 spiro atoms. The van der Waals surface area contributed by atoms with E-state index in [1.807, 2.05) is 48.5 Å². The van der Waals surface area contributed by atoms with Crippen LogP contribution in [0.5, 0.6) is 11.6 Å². The Balaban J connectivity index is 1.59. The number of pyridine rings is 1. The van der Waals surface area contributed by atoms with Crippen LogP contribution in [0.4, 0.5) is 0 Å². The summed E-state index contributed by atoms with van der Waals surface area (Å²) >= 11 is 0. The number of carbonyl (C=O) groups excluding carboxylic acids is 1. The molecule has 28 heavy (non-hydrogen) atoms. The molecule has 0 atom stereocenters. The Morgan fingerprint density at radius 2 is 1.64 bits per heavy atom. The highest BCUT2D eigenvalue weighted by Crippen LogP contribution is 2.25. The summed E-state index contributed by atoms with van der Waals surface area (Å²) in [7, 11) is 1.80. The third-order valence-electron chi connectivity index (χ3n) is 4.59. The minimum atomic E-state index is -0.132. The Morgan fingerprint density at radius 3 is 2.50 bits per heavy atom. The van der Waals surface area contributed by atoms with E-state index in [9.17, 15) is 4.79 Å². The van der Waals surface area contributed by atoms with Crippen molar-refractivity contribution in [3.63, 3.8) is 0 Å². The van der Waals surface area contributed by atoms with E-state index in [0.717, 1.165) is 16.3 Å². The highest BCUT2D eigenvalue weighted by molar-refractivity contribution is 5.96. The van der Waals surface area contributed by atoms with E-state index in [2.05, 4.69) is 29.2 Å². The van der Waals surface area contributed by atoms with Gasteiger partial charge in [0.25, 0.3) is 5.91 Å². The first-order valence-corrected chi connectivity index (χ1v) is 9.12. The lowest BCUT2D eigenvalue weighted by Crippen LogP contribution is -2.26. The van der Waals surface area contributed by atoms with Crippen LogP contribution in [-0.2, 0) is 6.54 Å². The molecular weight excluding hydrogens is 348 g/mol. The van der Waals surface area contributed by atoms with Crippen LogP contribution >= 0.6 is 0 Å². The second-order valence-electron chi connectivity index (χ2n) is 6.57. The molecular formula is C24H20N2O2. The Morgan fingerprint density at radius 1 is 0.893 bits per heavy atom. The van der Waals surface area contributed by atoms with Crippen LogP contribution in [0.15, 0.2) is 91.1 Å². The van der Waals surface area contributed by atoms with Crippen molar-refractivity contribution in [3.05, 3.63) is 102 Å². The third-order valence-corrected chi connectivity index (χ3v) is 4.59. The first-order chi connectivity index (χ1) is 13.7. The summed E-state index contributed by atoms with van der Waals surface area (Å²) in [6.45, 7) is 0.500. The molecule has 0 N–H and O–H groups in total. The maximum atomic E-state index is 13.1. The van der Waals surface area contributed by atoms with Gasteiger partial charge in [0, 0.05) is 19.8 Å². The van der Waals surface area contributed by atoms with Crippen LogP contribution < -0.4 is 4.74 Å². The number of rotatable bonds is 5. The van der Waals surface area contributed by atoms with E-state index < -0.39 is 0 Å². The molecule has 0 fully saturated rings. The van der Waals surface area contributed by atoms with Gasteiger partial charge in [0.15, 0.2) is 0 Å². The van der Waals surface area contributed by atoms with Crippen LogP contribution in [-0.4, -0.2) is 22.8 Å². The molecule has 4 aromatic rings. The third kappa shape index (κ3) is 3.71. The normalized spacial score (nSPS) is 10.6. The molecule has 0 aliphatic heterocycles. The number of aromatic nitrogens is 1. The molecule has 138 valence electrons. The standard InChI is InChI=1S/C24H20N2O2/c1-26(17-19-11-7-10-18-9-5-6-14-21(18)19)24(27)22-15-8-16-25-23(22)28-20-12-3-2-4-13-20/h2-16H,17H2,1H3. The predicted molar refractivity (Wildman–Crippen MR) is 110 cm³/mol. The minimum absolute atomic E-state index is 0.132. The van der Waals surface area contributed by atoms with E-state index in [4.69, 9.17) is 4.74 Å². The highest BCUT2D eigenvalue weighted by Gasteiger charge is 2.19. The first kappa shape index (κ1) is 17.7. The van der Waals surface area contributed by atoms with Crippen molar-refractivity contribution < 1.29 is 9.53 Å². The predicted octanol–water partition coefficient (Wildman–Crippen LogP) is 5.30. The maximum absolute atomic E-state index is 13.1. The van der Waals surface area contributed by atoms with Gasteiger partial charge in [-0.1, -0.05) is 60.7 Å². The summed E-state index contributed by atoms with van der Waals surface area (Å²) < 4.78 is 5.84. The van der Waals surface area contributed by atoms with Crippen molar-refractivity contribution in [1.82, 2.24) is 9.88 Å². The average molecular weight is 368 g/mol. The SMILES string of the molecule is CN(Cc1cccc2ccccc12)C(=O)c1cccnc1Oc1ccccc1. The lowest BCUT2D eigenvalue weighted by Gasteiger charge is -2.19. The molecule has 0 saturated heterocycles. The van der Waals surface area contributed by atoms with Crippen LogP contribution in [0.2, 0.25) is 0 Å². The molecule has 0 aliphatic rings. The first-order valence-electron chi connectivity index (χ1n) is 9.12. The van der Waals surface area contributed by atoms with E-state index in [1.54, 1.807) is 30.3 Å². The molecule has 0 unspecified atom stereocenters. The molecule has 3 aromatic carbocycles. The second kappa shape index (κ2) is 7.92. The van der Waals surface area contributed by atoms with Crippen molar-refractivity contribution in [2.75, 3.05) is 7.05 Å². The van der Waals surface area contributed by atoms with Gasteiger partial charge >= 0.3 is 0 Å². The molecule has 0 radical (unpaired) electrons. The molecule has 1 heterocycles. The van der Waals surface area contributed by atoms with Crippen LogP contribution in [0.25, 0.3) is 10.8 Å². The smallest absolute Gasteiger partial charge is 0.259 e. The number of nitrogens with zero attached hydrogens (tertiary/aromatic N) is 2.